The Morgan fingerprint density at radius 3 is 2.39 bits per heavy atom. The predicted molar refractivity (Wildman–Crippen MR) is 112 cm³/mol. The summed E-state index contributed by atoms with van der Waals surface area (Å²) >= 11 is 1.44. The Balaban J connectivity index is 0.00000171. The molecule has 0 spiro atoms. The quantitative estimate of drug-likeness (QED) is 0.490. The summed E-state index contributed by atoms with van der Waals surface area (Å²) in [6.45, 7) is 9.27. The highest BCUT2D eigenvalue weighted by Gasteiger charge is 2.18. The van der Waals surface area contributed by atoms with Crippen LogP contribution in [-0.2, 0) is 4.79 Å². The second-order valence-corrected chi connectivity index (χ2v) is 7.05. The van der Waals surface area contributed by atoms with Crippen molar-refractivity contribution in [1.29, 1.82) is 0 Å². The van der Waals surface area contributed by atoms with E-state index in [-0.39, 0.29) is 19.6 Å². The lowest BCUT2D eigenvalue weighted by atomic mass is 10.2. The summed E-state index contributed by atoms with van der Waals surface area (Å²) in [6, 6.07) is 0. The van der Waals surface area contributed by atoms with Gasteiger partial charge in [0, 0.05) is 29.9 Å². The van der Waals surface area contributed by atoms with Gasteiger partial charge in [0.25, 0.3) is 12.9 Å². The Hall–Kier alpha value is -2.09. The molecule has 5 nitrogen and oxygen atoms in total. The molecular formula is C20H31F2N3O2S. The molecule has 0 atom stereocenters. The molecule has 0 bridgehead atoms. The van der Waals surface area contributed by atoms with Crippen LogP contribution in [0.4, 0.5) is 8.78 Å². The maximum absolute atomic E-state index is 13.4. The molecule has 28 heavy (non-hydrogen) atoms. The highest BCUT2D eigenvalue weighted by Crippen LogP contribution is 2.22. The molecule has 158 valence electrons. The van der Waals surface area contributed by atoms with Gasteiger partial charge >= 0.3 is 0 Å². The minimum atomic E-state index is -2.58. The minimum absolute atomic E-state index is 0. The fourth-order valence-electron chi connectivity index (χ4n) is 2.61. The average Bonchev–Trinajstić information content (AvgIpc) is 3.30. The van der Waals surface area contributed by atoms with E-state index in [4.69, 9.17) is 9.90 Å². The lowest BCUT2D eigenvalue weighted by Gasteiger charge is -2.18. The Bertz CT molecular complexity index is 706. The predicted octanol–water partition coefficient (Wildman–Crippen LogP) is 5.53. The number of likely N-dealkylation sites (tertiary alicyclic amines) is 1. The highest BCUT2D eigenvalue weighted by atomic mass is 32.1. The Labute approximate surface area is 170 Å². The van der Waals surface area contributed by atoms with Crippen LogP contribution in [0.15, 0.2) is 33.4 Å². The molecule has 0 aliphatic carbocycles. The largest absolute Gasteiger partial charge is 0.483 e. The Morgan fingerprint density at radius 2 is 1.96 bits per heavy atom. The smallest absolute Gasteiger partial charge is 0.290 e. The number of hydrogen-bond acceptors (Lipinski definition) is 5. The van der Waals surface area contributed by atoms with Crippen molar-refractivity contribution in [1.82, 2.24) is 9.88 Å². The van der Waals surface area contributed by atoms with Crippen LogP contribution in [0.3, 0.4) is 0 Å². The number of carboxylic acid groups (broad SMARTS) is 1. The second kappa shape index (κ2) is 13.1. The monoisotopic (exact) mass is 415 g/mol. The zero-order valence-electron chi connectivity index (χ0n) is 16.2. The maximum atomic E-state index is 13.4. The molecule has 8 heteroatoms. The third-order valence-corrected chi connectivity index (χ3v) is 5.19. The van der Waals surface area contributed by atoms with Crippen LogP contribution in [-0.4, -0.2) is 46.7 Å². The van der Waals surface area contributed by atoms with Crippen molar-refractivity contribution < 1.29 is 18.7 Å². The third kappa shape index (κ3) is 7.88. The van der Waals surface area contributed by atoms with E-state index in [0.29, 0.717) is 22.7 Å². The van der Waals surface area contributed by atoms with Gasteiger partial charge in [-0.05, 0) is 51.7 Å². The second-order valence-electron chi connectivity index (χ2n) is 6.20. The third-order valence-electron chi connectivity index (χ3n) is 4.20. The molecule has 0 amide bonds. The SMILES string of the molecule is C.CC/C(C)=C(/N=C(/C=C(\C)N1CCCC1)c1nc(C)cs1)C(F)F.O=CO. The first kappa shape index (κ1) is 25.9. The molecule has 0 unspecified atom stereocenters. The topological polar surface area (TPSA) is 65.8 Å². The zero-order valence-corrected chi connectivity index (χ0v) is 17.0. The maximum Gasteiger partial charge on any atom is 0.290 e. The highest BCUT2D eigenvalue weighted by molar-refractivity contribution is 7.12. The van der Waals surface area contributed by atoms with E-state index in [0.717, 1.165) is 24.5 Å². The molecule has 2 rings (SSSR count). The van der Waals surface area contributed by atoms with Gasteiger partial charge in [0.15, 0.2) is 0 Å². The molecule has 1 N–H and O–H groups in total. The van der Waals surface area contributed by atoms with E-state index in [1.165, 1.54) is 24.2 Å². The van der Waals surface area contributed by atoms with Crippen molar-refractivity contribution in [3.63, 3.8) is 0 Å². The number of halogens is 2. The first-order valence-corrected chi connectivity index (χ1v) is 9.72. The summed E-state index contributed by atoms with van der Waals surface area (Å²) in [7, 11) is 0. The number of thiazole rings is 1. The van der Waals surface area contributed by atoms with Gasteiger partial charge in [-0.15, -0.1) is 11.3 Å². The summed E-state index contributed by atoms with van der Waals surface area (Å²) in [5.41, 5.74) is 2.95. The average molecular weight is 416 g/mol. The summed E-state index contributed by atoms with van der Waals surface area (Å²) < 4.78 is 26.9. The molecule has 0 saturated carbocycles. The number of allylic oxidation sites excluding steroid dienone is 4. The van der Waals surface area contributed by atoms with Crippen LogP contribution in [0.2, 0.25) is 0 Å². The fraction of sp³-hybridized carbons (Fsp3) is 0.550. The molecule has 2 heterocycles. The van der Waals surface area contributed by atoms with E-state index >= 15 is 0 Å². The van der Waals surface area contributed by atoms with Crippen LogP contribution in [0, 0.1) is 6.92 Å². The Kier molecular flexibility index (Phi) is 12.2. The number of nitrogens with zero attached hydrogens (tertiary/aromatic N) is 3. The normalized spacial score (nSPS) is 15.6. The summed E-state index contributed by atoms with van der Waals surface area (Å²) in [6.07, 6.45) is 2.22. The minimum Gasteiger partial charge on any atom is -0.483 e. The Morgan fingerprint density at radius 1 is 1.39 bits per heavy atom. The standard InChI is InChI=1S/C18H25F2N3S.CH2O2.CH4/c1-5-12(2)16(17(19)20)22-15(18-21-13(3)11-24-18)10-14(4)23-8-6-7-9-23;2-1-3;/h10-11,17H,5-9H2,1-4H3;1H,(H,2,3);1H4/b14-10+,16-12+,22-15-;;. The number of alkyl halides is 2. The van der Waals surface area contributed by atoms with Gasteiger partial charge in [-0.25, -0.2) is 18.8 Å². The van der Waals surface area contributed by atoms with E-state index in [1.54, 1.807) is 6.92 Å². The van der Waals surface area contributed by atoms with Crippen molar-refractivity contribution in [2.24, 2.45) is 4.99 Å². The van der Waals surface area contributed by atoms with Crippen LogP contribution in [0.1, 0.15) is 58.2 Å². The number of hydrogen-bond donors (Lipinski definition) is 1. The van der Waals surface area contributed by atoms with Gasteiger partial charge in [-0.2, -0.15) is 0 Å². The number of aryl methyl sites for hydroxylation is 1. The summed E-state index contributed by atoms with van der Waals surface area (Å²) in [5.74, 6) is 0. The molecule has 1 aromatic rings. The van der Waals surface area contributed by atoms with Gasteiger partial charge in [-0.1, -0.05) is 14.4 Å². The van der Waals surface area contributed by atoms with Crippen LogP contribution in [0.5, 0.6) is 0 Å². The van der Waals surface area contributed by atoms with Gasteiger partial charge in [-0.3, -0.25) is 4.79 Å². The van der Waals surface area contributed by atoms with E-state index < -0.39 is 6.43 Å². The van der Waals surface area contributed by atoms with Gasteiger partial charge in [0.2, 0.25) is 0 Å². The van der Waals surface area contributed by atoms with Gasteiger partial charge in [0.05, 0.1) is 0 Å². The molecule has 1 fully saturated rings. The number of aromatic nitrogens is 1. The van der Waals surface area contributed by atoms with Crippen molar-refractivity contribution in [2.45, 2.75) is 60.8 Å². The first-order chi connectivity index (χ1) is 12.8. The lowest BCUT2D eigenvalue weighted by molar-refractivity contribution is -0.122. The molecule has 0 aromatic carbocycles. The molecule has 1 aliphatic heterocycles. The van der Waals surface area contributed by atoms with Crippen molar-refractivity contribution in [3.8, 4) is 0 Å². The molecule has 0 radical (unpaired) electrons. The first-order valence-electron chi connectivity index (χ1n) is 8.84. The summed E-state index contributed by atoms with van der Waals surface area (Å²) in [4.78, 5) is 19.4. The van der Waals surface area contributed by atoms with Crippen molar-refractivity contribution >= 4 is 23.5 Å². The lowest BCUT2D eigenvalue weighted by Crippen LogP contribution is -2.18. The molecule has 1 saturated heterocycles. The fourth-order valence-corrected chi connectivity index (χ4v) is 3.37. The number of rotatable bonds is 6. The van der Waals surface area contributed by atoms with Crippen molar-refractivity contribution in [2.75, 3.05) is 13.1 Å². The van der Waals surface area contributed by atoms with Gasteiger partial charge < -0.3 is 10.0 Å². The van der Waals surface area contributed by atoms with Crippen LogP contribution >= 0.6 is 11.3 Å². The molecular weight excluding hydrogens is 384 g/mol. The number of carbonyl (C=O) groups is 1. The van der Waals surface area contributed by atoms with E-state index in [9.17, 15) is 8.78 Å². The van der Waals surface area contributed by atoms with Crippen molar-refractivity contribution in [3.05, 3.63) is 39.1 Å². The van der Waals surface area contributed by atoms with Crippen LogP contribution < -0.4 is 0 Å². The van der Waals surface area contributed by atoms with E-state index in [2.05, 4.69) is 14.9 Å². The summed E-state index contributed by atoms with van der Waals surface area (Å²) in [5, 5.41) is 9.50. The van der Waals surface area contributed by atoms with Crippen LogP contribution in [0.25, 0.3) is 0 Å². The van der Waals surface area contributed by atoms with E-state index in [1.807, 2.05) is 32.2 Å². The zero-order chi connectivity index (χ0) is 20.4. The molecule has 1 aromatic heterocycles. The molecule has 1 aliphatic rings. The number of aliphatic imine (C=N–C) groups is 1. The van der Waals surface area contributed by atoms with Gasteiger partial charge in [0.1, 0.15) is 16.4 Å².